The maximum absolute atomic E-state index is 12.2. The zero-order chi connectivity index (χ0) is 16.6. The van der Waals surface area contributed by atoms with E-state index in [0.29, 0.717) is 11.4 Å². The zero-order valence-electron chi connectivity index (χ0n) is 11.9. The molecule has 1 aromatic heterocycles. The minimum absolute atomic E-state index is 0.00444. The monoisotopic (exact) mass is 315 g/mol. The number of benzene rings is 1. The van der Waals surface area contributed by atoms with Gasteiger partial charge in [0, 0.05) is 6.07 Å². The van der Waals surface area contributed by atoms with Crippen molar-refractivity contribution in [3.05, 3.63) is 51.8 Å². The van der Waals surface area contributed by atoms with Gasteiger partial charge in [0.1, 0.15) is 18.2 Å². The summed E-state index contributed by atoms with van der Waals surface area (Å²) < 4.78 is 6.38. The van der Waals surface area contributed by atoms with Crippen molar-refractivity contribution in [2.24, 2.45) is 0 Å². The predicted molar refractivity (Wildman–Crippen MR) is 80.8 cm³/mol. The highest BCUT2D eigenvalue weighted by Gasteiger charge is 2.31. The third kappa shape index (κ3) is 2.44. The fourth-order valence-electron chi connectivity index (χ4n) is 2.40. The topological polar surface area (TPSA) is 124 Å². The number of hydrogen-bond donors (Lipinski definition) is 3. The van der Waals surface area contributed by atoms with Crippen molar-refractivity contribution in [2.75, 3.05) is 18.9 Å². The molecule has 3 rings (SSSR count). The van der Waals surface area contributed by atoms with Gasteiger partial charge in [-0.05, 0) is 24.3 Å². The van der Waals surface area contributed by atoms with Gasteiger partial charge in [0.25, 0.3) is 17.4 Å². The molecule has 0 fully saturated rings. The summed E-state index contributed by atoms with van der Waals surface area (Å²) in [5, 5.41) is 10.8. The number of fused-ring (bicyclic) bond motifs is 1. The van der Waals surface area contributed by atoms with Crippen LogP contribution in [0.25, 0.3) is 5.69 Å². The Hall–Kier alpha value is -3.13. The van der Waals surface area contributed by atoms with Gasteiger partial charge in [-0.1, -0.05) is 0 Å². The second-order valence-electron chi connectivity index (χ2n) is 4.84. The number of pyridine rings is 1. The lowest BCUT2D eigenvalue weighted by Crippen LogP contribution is -2.24. The molecule has 8 nitrogen and oxygen atoms in total. The molecule has 1 aliphatic heterocycles. The number of carbonyl (C=O) groups is 2. The van der Waals surface area contributed by atoms with E-state index in [-0.39, 0.29) is 30.2 Å². The smallest absolute Gasteiger partial charge is 0.262 e. The Balaban J connectivity index is 2.07. The van der Waals surface area contributed by atoms with Crippen molar-refractivity contribution in [3.63, 3.8) is 0 Å². The molecule has 0 spiro atoms. The van der Waals surface area contributed by atoms with Gasteiger partial charge in [-0.2, -0.15) is 0 Å². The molecule has 2 aromatic rings. The van der Waals surface area contributed by atoms with Gasteiger partial charge < -0.3 is 15.6 Å². The van der Waals surface area contributed by atoms with E-state index in [1.54, 1.807) is 24.3 Å². The number of anilines is 1. The molecule has 4 N–H and O–H groups in total. The molecule has 0 radical (unpaired) electrons. The van der Waals surface area contributed by atoms with Crippen LogP contribution in [0.1, 0.15) is 20.7 Å². The van der Waals surface area contributed by atoms with Gasteiger partial charge in [-0.3, -0.25) is 24.3 Å². The largest absolute Gasteiger partial charge is 0.491 e. The van der Waals surface area contributed by atoms with E-state index in [0.717, 1.165) is 10.6 Å². The van der Waals surface area contributed by atoms with E-state index in [4.69, 9.17) is 15.6 Å². The van der Waals surface area contributed by atoms with Crippen molar-refractivity contribution in [1.29, 1.82) is 0 Å². The van der Waals surface area contributed by atoms with Gasteiger partial charge in [0.05, 0.1) is 23.4 Å². The number of hydrogen-bond acceptors (Lipinski definition) is 6. The van der Waals surface area contributed by atoms with Crippen LogP contribution in [-0.2, 0) is 0 Å². The third-order valence-electron chi connectivity index (χ3n) is 3.41. The number of carbonyl (C=O) groups excluding carboxylic acids is 2. The van der Waals surface area contributed by atoms with Crippen LogP contribution in [0.3, 0.4) is 0 Å². The van der Waals surface area contributed by atoms with E-state index in [1.165, 1.54) is 0 Å². The minimum atomic E-state index is -0.631. The Kier molecular flexibility index (Phi) is 3.59. The Morgan fingerprint density at radius 2 is 1.83 bits per heavy atom. The zero-order valence-corrected chi connectivity index (χ0v) is 11.9. The number of ether oxygens (including phenoxy) is 1. The average Bonchev–Trinajstić information content (AvgIpc) is 2.81. The molecule has 1 aliphatic rings. The van der Waals surface area contributed by atoms with Crippen molar-refractivity contribution < 1.29 is 19.4 Å². The van der Waals surface area contributed by atoms with Crippen LogP contribution in [0.2, 0.25) is 0 Å². The number of aromatic nitrogens is 1. The van der Waals surface area contributed by atoms with E-state index in [2.05, 4.69) is 5.32 Å². The van der Waals surface area contributed by atoms with Crippen LogP contribution in [0.4, 0.5) is 5.82 Å². The number of imide groups is 1. The van der Waals surface area contributed by atoms with Crippen LogP contribution in [0.15, 0.2) is 35.1 Å². The molecule has 2 heterocycles. The highest BCUT2D eigenvalue weighted by atomic mass is 16.5. The molecule has 0 saturated heterocycles. The summed E-state index contributed by atoms with van der Waals surface area (Å²) in [4.78, 5) is 35.6. The van der Waals surface area contributed by atoms with Crippen LogP contribution < -0.4 is 21.3 Å². The second kappa shape index (κ2) is 5.58. The van der Waals surface area contributed by atoms with Gasteiger partial charge in [0.2, 0.25) is 0 Å². The molecular weight excluding hydrogens is 302 g/mol. The second-order valence-corrected chi connectivity index (χ2v) is 4.84. The minimum Gasteiger partial charge on any atom is -0.491 e. The Labute approximate surface area is 130 Å². The molecule has 2 amide bonds. The lowest BCUT2D eigenvalue weighted by atomic mass is 10.1. The van der Waals surface area contributed by atoms with Crippen molar-refractivity contribution in [3.8, 4) is 11.4 Å². The summed E-state index contributed by atoms with van der Waals surface area (Å²) in [6, 6.07) is 7.48. The summed E-state index contributed by atoms with van der Waals surface area (Å²) >= 11 is 0. The molecule has 8 heteroatoms. The van der Waals surface area contributed by atoms with E-state index in [1.807, 2.05) is 0 Å². The molecule has 0 aliphatic carbocycles. The number of aliphatic hydroxyl groups is 1. The summed E-state index contributed by atoms with van der Waals surface area (Å²) in [6.07, 6.45) is 0. The van der Waals surface area contributed by atoms with Crippen LogP contribution in [-0.4, -0.2) is 34.7 Å². The number of amides is 2. The Morgan fingerprint density at radius 1 is 1.13 bits per heavy atom. The maximum atomic E-state index is 12.2. The first-order valence-electron chi connectivity index (χ1n) is 6.78. The third-order valence-corrected chi connectivity index (χ3v) is 3.41. The molecule has 118 valence electrons. The highest BCUT2D eigenvalue weighted by Crippen LogP contribution is 2.23. The van der Waals surface area contributed by atoms with Gasteiger partial charge in [-0.25, -0.2) is 0 Å². The number of nitrogens with one attached hydrogen (secondary N) is 1. The summed E-state index contributed by atoms with van der Waals surface area (Å²) in [7, 11) is 0. The SMILES string of the molecule is Nc1c2c(cc(=O)n1-c1ccc(OCCO)cc1)C(=O)NC2=O. The average molecular weight is 315 g/mol. The summed E-state index contributed by atoms with van der Waals surface area (Å²) in [5.74, 6) is -0.837. The van der Waals surface area contributed by atoms with Crippen molar-refractivity contribution >= 4 is 17.6 Å². The van der Waals surface area contributed by atoms with E-state index < -0.39 is 17.4 Å². The van der Waals surface area contributed by atoms with E-state index in [9.17, 15) is 14.4 Å². The maximum Gasteiger partial charge on any atom is 0.262 e. The Morgan fingerprint density at radius 3 is 2.48 bits per heavy atom. The normalized spacial score (nSPS) is 12.9. The fraction of sp³-hybridized carbons (Fsp3) is 0.133. The van der Waals surface area contributed by atoms with Crippen LogP contribution in [0, 0.1) is 0 Å². The lowest BCUT2D eigenvalue weighted by Gasteiger charge is -2.12. The number of aliphatic hydroxyl groups excluding tert-OH is 1. The highest BCUT2D eigenvalue weighted by molar-refractivity contribution is 6.23. The van der Waals surface area contributed by atoms with Crippen molar-refractivity contribution in [2.45, 2.75) is 0 Å². The quantitative estimate of drug-likeness (QED) is 0.664. The molecule has 0 bridgehead atoms. The first kappa shape index (κ1) is 14.8. The summed E-state index contributed by atoms with van der Waals surface area (Å²) in [5.41, 5.74) is 5.81. The molecule has 1 aromatic carbocycles. The van der Waals surface area contributed by atoms with Crippen LogP contribution in [0.5, 0.6) is 5.75 Å². The van der Waals surface area contributed by atoms with Crippen LogP contribution >= 0.6 is 0 Å². The van der Waals surface area contributed by atoms with Crippen molar-refractivity contribution in [1.82, 2.24) is 9.88 Å². The number of nitrogens with zero attached hydrogens (tertiary/aromatic N) is 1. The first-order chi connectivity index (χ1) is 11.0. The number of rotatable bonds is 4. The van der Waals surface area contributed by atoms with E-state index >= 15 is 0 Å². The molecule has 0 atom stereocenters. The summed E-state index contributed by atoms with van der Waals surface area (Å²) in [6.45, 7) is 0.0463. The predicted octanol–water partition coefficient (Wildman–Crippen LogP) is -0.326. The molecule has 0 unspecified atom stereocenters. The molecule has 0 saturated carbocycles. The Bertz CT molecular complexity index is 855. The standard InChI is InChI=1S/C15H13N3O5/c16-13-12-10(14(21)17-15(12)22)7-11(20)18(13)8-1-3-9(4-2-8)23-6-5-19/h1-4,7,19H,5-6,16H2,(H,17,21,22). The van der Waals surface area contributed by atoms with Gasteiger partial charge in [-0.15, -0.1) is 0 Å². The fourth-order valence-corrected chi connectivity index (χ4v) is 2.40. The number of nitrogens with two attached hydrogens (primary N) is 1. The number of nitrogen functional groups attached to an aromatic ring is 1. The molecule has 23 heavy (non-hydrogen) atoms. The lowest BCUT2D eigenvalue weighted by molar-refractivity contribution is 0.0880. The van der Waals surface area contributed by atoms with Gasteiger partial charge in [0.15, 0.2) is 0 Å². The molecular formula is C15H13N3O5. The van der Waals surface area contributed by atoms with Gasteiger partial charge >= 0.3 is 0 Å². The first-order valence-corrected chi connectivity index (χ1v) is 6.78.